The molecule has 0 spiro atoms. The van der Waals surface area contributed by atoms with E-state index in [1.807, 2.05) is 24.3 Å². The van der Waals surface area contributed by atoms with Crippen molar-refractivity contribution in [2.24, 2.45) is 20.5 Å². The van der Waals surface area contributed by atoms with E-state index in [9.17, 15) is 36.2 Å². The van der Waals surface area contributed by atoms with Crippen molar-refractivity contribution in [1.82, 2.24) is 0 Å². The van der Waals surface area contributed by atoms with Crippen molar-refractivity contribution in [2.75, 3.05) is 0 Å². The second-order valence-corrected chi connectivity index (χ2v) is 14.3. The molecule has 0 heterocycles. The van der Waals surface area contributed by atoms with Crippen LogP contribution >= 0.6 is 23.2 Å². The predicted octanol–water partition coefficient (Wildman–Crippen LogP) is 9.27. The van der Waals surface area contributed by atoms with Crippen LogP contribution in [0, 0.1) is 13.8 Å². The molecule has 0 saturated carbocycles. The van der Waals surface area contributed by atoms with Crippen LogP contribution in [-0.2, 0) is 20.2 Å². The van der Waals surface area contributed by atoms with Gasteiger partial charge in [-0.2, -0.15) is 10.2 Å². The maximum atomic E-state index is 11.2. The van der Waals surface area contributed by atoms with Gasteiger partial charge in [-0.25, -0.2) is 16.8 Å². The van der Waals surface area contributed by atoms with Gasteiger partial charge in [0.05, 0.1) is 21.2 Å². The van der Waals surface area contributed by atoms with Gasteiger partial charge in [-0.1, -0.05) is 83.9 Å². The second kappa shape index (κ2) is 16.5. The third-order valence-electron chi connectivity index (χ3n) is 7.43. The monoisotopic (exact) mass is 888 g/mol. The number of fused-ring (bicyclic) bond motifs is 2. The van der Waals surface area contributed by atoms with Crippen LogP contribution in [0.4, 0.5) is 22.7 Å². The quantitative estimate of drug-likeness (QED) is 0.0935. The minimum atomic E-state index is -4.68. The molecule has 0 amide bonds. The first kappa shape index (κ1) is 40.4. The van der Waals surface area contributed by atoms with Crippen LogP contribution in [0.2, 0.25) is 10.0 Å². The molecule has 6 rings (SSSR count). The third-order valence-corrected chi connectivity index (χ3v) is 9.84. The first-order chi connectivity index (χ1) is 23.5. The molecule has 0 saturated heterocycles. The van der Waals surface area contributed by atoms with E-state index in [1.165, 1.54) is 12.1 Å². The van der Waals surface area contributed by atoms with E-state index in [0.29, 0.717) is 21.9 Å². The molecule has 0 unspecified atom stereocenters. The largest absolute Gasteiger partial charge is 2.00 e. The van der Waals surface area contributed by atoms with Gasteiger partial charge in [-0.05, 0) is 72.1 Å². The van der Waals surface area contributed by atoms with Crippen molar-refractivity contribution in [3.8, 4) is 11.5 Å². The van der Waals surface area contributed by atoms with Gasteiger partial charge in [0.25, 0.3) is 0 Å². The van der Waals surface area contributed by atoms with E-state index in [-0.39, 0.29) is 93.2 Å². The summed E-state index contributed by atoms with van der Waals surface area (Å²) in [6, 6.07) is 25.4. The summed E-state index contributed by atoms with van der Waals surface area (Å²) in [5, 5.41) is 39.5. The Hall–Kier alpha value is -3.39. The smallest absolute Gasteiger partial charge is 0.744 e. The van der Waals surface area contributed by atoms with Crippen molar-refractivity contribution in [3.05, 3.63) is 118 Å². The summed E-state index contributed by atoms with van der Waals surface area (Å²) in [7, 11) is -9.35. The zero-order chi connectivity index (χ0) is 36.4. The molecular formula is C34H24BaCl2N4O8S2. The van der Waals surface area contributed by atoms with Gasteiger partial charge in [0.1, 0.15) is 43.1 Å². The van der Waals surface area contributed by atoms with E-state index in [2.05, 4.69) is 20.5 Å². The first-order valence-electron chi connectivity index (χ1n) is 14.3. The number of rotatable bonds is 6. The van der Waals surface area contributed by atoms with Gasteiger partial charge >= 0.3 is 48.9 Å². The topological polar surface area (TPSA) is 204 Å². The van der Waals surface area contributed by atoms with E-state index in [4.69, 9.17) is 23.2 Å². The Morgan fingerprint density at radius 1 is 0.549 bits per heavy atom. The Labute approximate surface area is 343 Å². The third kappa shape index (κ3) is 9.54. The minimum absolute atomic E-state index is 0. The van der Waals surface area contributed by atoms with Crippen LogP contribution in [0.25, 0.3) is 21.5 Å². The van der Waals surface area contributed by atoms with Gasteiger partial charge in [0.15, 0.2) is 0 Å². The minimum Gasteiger partial charge on any atom is -0.744 e. The number of hydrogen-bond acceptors (Lipinski definition) is 12. The van der Waals surface area contributed by atoms with Crippen LogP contribution in [0.1, 0.15) is 11.1 Å². The molecule has 51 heavy (non-hydrogen) atoms. The molecule has 17 heteroatoms. The Morgan fingerprint density at radius 2 is 0.902 bits per heavy atom. The van der Waals surface area contributed by atoms with Crippen molar-refractivity contribution in [2.45, 2.75) is 23.6 Å². The average molecular weight is 889 g/mol. The van der Waals surface area contributed by atoms with Gasteiger partial charge in [-0.3, -0.25) is 0 Å². The molecule has 2 N–H and O–H groups in total. The maximum absolute atomic E-state index is 11.2. The van der Waals surface area contributed by atoms with Crippen molar-refractivity contribution < 1.29 is 36.2 Å². The molecule has 0 aliphatic heterocycles. The summed E-state index contributed by atoms with van der Waals surface area (Å²) in [4.78, 5) is -0.974. The fraction of sp³-hybridized carbons (Fsp3) is 0.0588. The molecular weight excluding hydrogens is 865 g/mol. The molecule has 0 atom stereocenters. The van der Waals surface area contributed by atoms with Crippen molar-refractivity contribution >= 4 is 137 Å². The van der Waals surface area contributed by atoms with E-state index < -0.39 is 30.0 Å². The average Bonchev–Trinajstić information content (AvgIpc) is 3.06. The van der Waals surface area contributed by atoms with E-state index in [0.717, 1.165) is 35.0 Å². The second-order valence-electron chi connectivity index (χ2n) is 10.7. The molecule has 0 radical (unpaired) electrons. The number of nitrogens with zero attached hydrogens (tertiary/aromatic N) is 4. The fourth-order valence-electron chi connectivity index (χ4n) is 4.68. The van der Waals surface area contributed by atoms with Crippen LogP contribution in [-0.4, -0.2) is 85.0 Å². The standard InChI is InChI=1S/2C17H13ClN2O4S.Ba/c2*1-10-14(18)8-12(25(22,23)24)9-15(10)19-20-17-13-5-3-2-4-11(13)6-7-16(17)21;/h2*2-9,21H,1H3,(H,22,23,24);/q;;+2/p-2. The summed E-state index contributed by atoms with van der Waals surface area (Å²) in [6.07, 6.45) is 0. The number of hydrogen-bond donors (Lipinski definition) is 2. The molecule has 0 aromatic heterocycles. The van der Waals surface area contributed by atoms with Crippen LogP contribution in [0.15, 0.2) is 127 Å². The summed E-state index contributed by atoms with van der Waals surface area (Å²) in [5.41, 5.74) is 1.69. The van der Waals surface area contributed by atoms with Gasteiger partial charge in [-0.15, -0.1) is 10.2 Å². The van der Waals surface area contributed by atoms with Crippen molar-refractivity contribution in [1.29, 1.82) is 0 Å². The number of benzene rings is 6. The normalized spacial score (nSPS) is 11.9. The SMILES string of the molecule is Cc1c(Cl)cc(S(=O)(=O)[O-])cc1N=Nc1c(O)ccc2ccccc12.Cc1c(Cl)cc(S(=O)(=O)[O-])cc1N=Nc1c(O)ccc2ccccc12.[Ba+2]. The van der Waals surface area contributed by atoms with Crippen molar-refractivity contribution in [3.63, 3.8) is 0 Å². The molecule has 0 aliphatic rings. The summed E-state index contributed by atoms with van der Waals surface area (Å²) in [6.45, 7) is 3.25. The molecule has 12 nitrogen and oxygen atoms in total. The number of azo groups is 2. The van der Waals surface area contributed by atoms with Crippen LogP contribution in [0.3, 0.4) is 0 Å². The van der Waals surface area contributed by atoms with Crippen LogP contribution in [0.5, 0.6) is 11.5 Å². The predicted molar refractivity (Wildman–Crippen MR) is 194 cm³/mol. The number of aromatic hydroxyl groups is 2. The Morgan fingerprint density at radius 3 is 1.25 bits per heavy atom. The Balaban J connectivity index is 0.000000224. The molecule has 6 aromatic rings. The van der Waals surface area contributed by atoms with Gasteiger partial charge < -0.3 is 19.3 Å². The Kier molecular flexibility index (Phi) is 13.1. The summed E-state index contributed by atoms with van der Waals surface area (Å²) < 4.78 is 67.4. The van der Waals surface area contributed by atoms with E-state index in [1.54, 1.807) is 50.2 Å². The molecule has 6 aromatic carbocycles. The van der Waals surface area contributed by atoms with Gasteiger partial charge in [0, 0.05) is 20.8 Å². The first-order valence-corrected chi connectivity index (χ1v) is 17.9. The number of phenolic OH excluding ortho intramolecular Hbond substituents is 2. The molecule has 0 bridgehead atoms. The zero-order valence-electron chi connectivity index (χ0n) is 26.6. The van der Waals surface area contributed by atoms with Crippen LogP contribution < -0.4 is 0 Å². The fourth-order valence-corrected chi connectivity index (χ4v) is 6.28. The maximum Gasteiger partial charge on any atom is 2.00 e. The summed E-state index contributed by atoms with van der Waals surface area (Å²) >= 11 is 12.0. The summed E-state index contributed by atoms with van der Waals surface area (Å²) in [5.74, 6) is -0.141. The molecule has 0 fully saturated rings. The number of phenols is 2. The number of halogens is 2. The Bertz CT molecular complexity index is 2410. The zero-order valence-corrected chi connectivity index (χ0v) is 34.2. The molecule has 0 aliphatic carbocycles. The van der Waals surface area contributed by atoms with Gasteiger partial charge in [0.2, 0.25) is 0 Å². The molecule has 256 valence electrons. The van der Waals surface area contributed by atoms with E-state index >= 15 is 0 Å².